The number of hydrogen-bond acceptors (Lipinski definition) is 4. The fraction of sp³-hybridized carbons (Fsp3) is 0.611. The zero-order valence-corrected chi connectivity index (χ0v) is 15.8. The lowest BCUT2D eigenvalue weighted by Crippen LogP contribution is -2.44. The number of benzene rings is 1. The average Bonchev–Trinajstić information content (AvgIpc) is 2.55. The molecule has 6 heteroatoms. The molecule has 0 amide bonds. The summed E-state index contributed by atoms with van der Waals surface area (Å²) in [4.78, 5) is 4.62. The molecule has 6 nitrogen and oxygen atoms in total. The van der Waals surface area contributed by atoms with E-state index >= 15 is 0 Å². The maximum absolute atomic E-state index is 5.33. The van der Waals surface area contributed by atoms with Gasteiger partial charge in [0.15, 0.2) is 17.5 Å². The summed E-state index contributed by atoms with van der Waals surface area (Å²) in [5, 5.41) is 10.0. The third-order valence-corrected chi connectivity index (χ3v) is 3.28. The van der Waals surface area contributed by atoms with E-state index in [0.29, 0.717) is 6.54 Å². The molecular weight excluding hydrogens is 304 g/mol. The van der Waals surface area contributed by atoms with Crippen molar-refractivity contribution in [2.75, 3.05) is 33.9 Å². The smallest absolute Gasteiger partial charge is 0.191 e. The first kappa shape index (κ1) is 20.1. The Morgan fingerprint density at radius 2 is 1.75 bits per heavy atom. The van der Waals surface area contributed by atoms with Crippen molar-refractivity contribution >= 4 is 5.96 Å². The number of hydrogen-bond donors (Lipinski definition) is 3. The molecule has 0 aliphatic rings. The third-order valence-electron chi connectivity index (χ3n) is 3.28. The van der Waals surface area contributed by atoms with Crippen molar-refractivity contribution in [3.05, 3.63) is 23.8 Å². The van der Waals surface area contributed by atoms with Crippen LogP contribution in [0.25, 0.3) is 0 Å². The van der Waals surface area contributed by atoms with Crippen molar-refractivity contribution in [2.45, 2.75) is 39.8 Å². The van der Waals surface area contributed by atoms with E-state index in [1.165, 1.54) is 0 Å². The van der Waals surface area contributed by atoms with Gasteiger partial charge in [0.1, 0.15) is 0 Å². The van der Waals surface area contributed by atoms with Gasteiger partial charge in [-0.3, -0.25) is 0 Å². The van der Waals surface area contributed by atoms with Gasteiger partial charge in [0.05, 0.1) is 20.8 Å². The molecule has 0 unspecified atom stereocenters. The zero-order valence-electron chi connectivity index (χ0n) is 15.8. The van der Waals surface area contributed by atoms with Crippen molar-refractivity contribution < 1.29 is 9.47 Å². The van der Waals surface area contributed by atoms with Crippen LogP contribution in [0, 0.1) is 0 Å². The highest BCUT2D eigenvalue weighted by Crippen LogP contribution is 2.27. The molecule has 0 aliphatic heterocycles. The Kier molecular flexibility index (Phi) is 8.40. The van der Waals surface area contributed by atoms with Crippen LogP contribution in [0.4, 0.5) is 0 Å². The topological polar surface area (TPSA) is 66.9 Å². The van der Waals surface area contributed by atoms with Gasteiger partial charge in [-0.05, 0) is 45.4 Å². The Morgan fingerprint density at radius 1 is 1.04 bits per heavy atom. The van der Waals surface area contributed by atoms with Gasteiger partial charge in [-0.2, -0.15) is 0 Å². The molecule has 0 spiro atoms. The van der Waals surface area contributed by atoms with Crippen LogP contribution >= 0.6 is 0 Å². The summed E-state index contributed by atoms with van der Waals surface area (Å²) in [6, 6.07) is 5.85. The molecule has 0 saturated heterocycles. The molecule has 1 aromatic rings. The minimum Gasteiger partial charge on any atom is -0.493 e. The van der Waals surface area contributed by atoms with Crippen molar-refractivity contribution in [3.8, 4) is 11.5 Å². The lowest BCUT2D eigenvalue weighted by atomic mass is 10.1. The third kappa shape index (κ3) is 7.55. The predicted octanol–water partition coefficient (Wildman–Crippen LogP) is 2.15. The van der Waals surface area contributed by atoms with Crippen molar-refractivity contribution in [1.82, 2.24) is 16.0 Å². The molecule has 0 radical (unpaired) electrons. The van der Waals surface area contributed by atoms with Gasteiger partial charge in [0.2, 0.25) is 0 Å². The maximum atomic E-state index is 5.33. The minimum atomic E-state index is 0.122. The van der Waals surface area contributed by atoms with Crippen LogP contribution in [-0.2, 0) is 6.54 Å². The zero-order chi connectivity index (χ0) is 18.0. The second-order valence-corrected chi connectivity index (χ2v) is 6.49. The summed E-state index contributed by atoms with van der Waals surface area (Å²) < 4.78 is 10.6. The van der Waals surface area contributed by atoms with Gasteiger partial charge in [0.25, 0.3) is 0 Å². The van der Waals surface area contributed by atoms with Crippen molar-refractivity contribution in [2.24, 2.45) is 4.99 Å². The summed E-state index contributed by atoms with van der Waals surface area (Å²) in [5.74, 6) is 2.25. The summed E-state index contributed by atoms with van der Waals surface area (Å²) in [7, 11) is 3.27. The molecular formula is C18H32N4O2. The van der Waals surface area contributed by atoms with E-state index in [1.807, 2.05) is 18.2 Å². The van der Waals surface area contributed by atoms with Crippen LogP contribution in [0.15, 0.2) is 23.2 Å². The number of guanidine groups is 1. The van der Waals surface area contributed by atoms with Crippen molar-refractivity contribution in [1.29, 1.82) is 0 Å². The van der Waals surface area contributed by atoms with E-state index < -0.39 is 0 Å². The van der Waals surface area contributed by atoms with E-state index in [9.17, 15) is 0 Å². The minimum absolute atomic E-state index is 0.122. The van der Waals surface area contributed by atoms with Crippen LogP contribution in [-0.4, -0.2) is 45.4 Å². The Bertz CT molecular complexity index is 524. The first-order chi connectivity index (χ1) is 11.4. The number of nitrogens with zero attached hydrogens (tertiary/aromatic N) is 1. The molecule has 1 rings (SSSR count). The molecule has 1 aromatic carbocycles. The highest BCUT2D eigenvalue weighted by molar-refractivity contribution is 5.79. The van der Waals surface area contributed by atoms with E-state index in [4.69, 9.17) is 9.47 Å². The Labute approximate surface area is 146 Å². The van der Waals surface area contributed by atoms with Gasteiger partial charge >= 0.3 is 0 Å². The van der Waals surface area contributed by atoms with Crippen LogP contribution in [0.3, 0.4) is 0 Å². The highest BCUT2D eigenvalue weighted by atomic mass is 16.5. The molecule has 0 heterocycles. The fourth-order valence-corrected chi connectivity index (χ4v) is 2.11. The molecule has 24 heavy (non-hydrogen) atoms. The second-order valence-electron chi connectivity index (χ2n) is 6.49. The summed E-state index contributed by atoms with van der Waals surface area (Å²) in [5.41, 5.74) is 1.19. The van der Waals surface area contributed by atoms with E-state index in [1.54, 1.807) is 14.2 Å². The lowest BCUT2D eigenvalue weighted by molar-refractivity contribution is 0.354. The number of ether oxygens (including phenoxy) is 2. The van der Waals surface area contributed by atoms with Gasteiger partial charge in [-0.25, -0.2) is 4.99 Å². The van der Waals surface area contributed by atoms with Crippen LogP contribution < -0.4 is 25.4 Å². The first-order valence-corrected chi connectivity index (χ1v) is 8.37. The molecule has 0 saturated carbocycles. The molecule has 0 aromatic heterocycles. The monoisotopic (exact) mass is 336 g/mol. The van der Waals surface area contributed by atoms with E-state index in [-0.39, 0.29) is 5.54 Å². The summed E-state index contributed by atoms with van der Waals surface area (Å²) >= 11 is 0. The Balaban J connectivity index is 2.62. The molecule has 0 aliphatic carbocycles. The van der Waals surface area contributed by atoms with Crippen LogP contribution in [0.2, 0.25) is 0 Å². The average molecular weight is 336 g/mol. The second kappa shape index (κ2) is 10.0. The fourth-order valence-electron chi connectivity index (χ4n) is 2.11. The van der Waals surface area contributed by atoms with Gasteiger partial charge < -0.3 is 25.4 Å². The molecule has 136 valence electrons. The summed E-state index contributed by atoms with van der Waals surface area (Å²) in [6.07, 6.45) is 0. The van der Waals surface area contributed by atoms with Gasteiger partial charge in [0, 0.05) is 25.2 Å². The number of nitrogens with one attached hydrogen (secondary N) is 3. The van der Waals surface area contributed by atoms with E-state index in [2.05, 4.69) is 48.6 Å². The summed E-state index contributed by atoms with van der Waals surface area (Å²) in [6.45, 7) is 11.6. The highest BCUT2D eigenvalue weighted by Gasteiger charge is 2.08. The van der Waals surface area contributed by atoms with Crippen LogP contribution in [0.1, 0.15) is 33.3 Å². The standard InChI is InChI=1S/C18H32N4O2/c1-7-19-17(20-10-11-22-18(2,3)4)21-13-14-8-9-15(23-5)16(12-14)24-6/h8-9,12,22H,7,10-11,13H2,1-6H3,(H2,19,20,21). The van der Waals surface area contributed by atoms with E-state index in [0.717, 1.165) is 42.7 Å². The number of methoxy groups -OCH3 is 2. The largest absolute Gasteiger partial charge is 0.493 e. The van der Waals surface area contributed by atoms with Gasteiger partial charge in [-0.15, -0.1) is 0 Å². The maximum Gasteiger partial charge on any atom is 0.191 e. The normalized spacial score (nSPS) is 12.0. The molecule has 3 N–H and O–H groups in total. The van der Waals surface area contributed by atoms with Crippen LogP contribution in [0.5, 0.6) is 11.5 Å². The Hall–Kier alpha value is -1.95. The molecule has 0 bridgehead atoms. The lowest BCUT2D eigenvalue weighted by Gasteiger charge is -2.21. The quantitative estimate of drug-likeness (QED) is 0.386. The number of rotatable bonds is 8. The van der Waals surface area contributed by atoms with Gasteiger partial charge in [-0.1, -0.05) is 6.07 Å². The molecule has 0 fully saturated rings. The van der Waals surface area contributed by atoms with Crippen molar-refractivity contribution in [3.63, 3.8) is 0 Å². The number of aliphatic imine (C=N–C) groups is 1. The first-order valence-electron chi connectivity index (χ1n) is 8.37. The molecule has 0 atom stereocenters. The predicted molar refractivity (Wildman–Crippen MR) is 100 cm³/mol. The SMILES string of the molecule is CCNC(=NCc1ccc(OC)c(OC)c1)NCCNC(C)(C)C. The Morgan fingerprint density at radius 3 is 2.33 bits per heavy atom.